The number of anilines is 1. The van der Waals surface area contributed by atoms with Crippen LogP contribution < -0.4 is 14.4 Å². The van der Waals surface area contributed by atoms with Crippen molar-refractivity contribution in [1.82, 2.24) is 9.97 Å². The van der Waals surface area contributed by atoms with Crippen molar-refractivity contribution in [2.75, 3.05) is 18.1 Å². The molecule has 4 rings (SSSR count). The number of fused-ring (bicyclic) bond motifs is 1. The van der Waals surface area contributed by atoms with Gasteiger partial charge in [0.1, 0.15) is 17.0 Å². The molecule has 0 aliphatic rings. The highest BCUT2D eigenvalue weighted by atomic mass is 35.5. The van der Waals surface area contributed by atoms with E-state index in [-0.39, 0.29) is 12.5 Å². The second kappa shape index (κ2) is 10.2. The molecule has 0 saturated heterocycles. The van der Waals surface area contributed by atoms with E-state index in [0.29, 0.717) is 39.8 Å². The van der Waals surface area contributed by atoms with Gasteiger partial charge in [-0.05, 0) is 48.9 Å². The number of thiazole rings is 1. The molecule has 0 unspecified atom stereocenters. The molecule has 0 atom stereocenters. The largest absolute Gasteiger partial charge is 0.492 e. The summed E-state index contributed by atoms with van der Waals surface area (Å²) in [6, 6.07) is 14.3. The molecule has 1 amide bonds. The van der Waals surface area contributed by atoms with Crippen molar-refractivity contribution in [1.29, 1.82) is 0 Å². The number of amides is 1. The summed E-state index contributed by atoms with van der Waals surface area (Å²) in [4.78, 5) is 23.7. The first kappa shape index (κ1) is 22.3. The zero-order valence-electron chi connectivity index (χ0n) is 17.1. The van der Waals surface area contributed by atoms with E-state index in [0.717, 1.165) is 15.8 Å². The molecule has 2 aromatic heterocycles. The summed E-state index contributed by atoms with van der Waals surface area (Å²) in [5, 5.41) is 1.38. The number of hydrogen-bond acceptors (Lipinski definition) is 6. The van der Waals surface area contributed by atoms with Crippen LogP contribution >= 0.6 is 34.5 Å². The maximum absolute atomic E-state index is 13.2. The van der Waals surface area contributed by atoms with E-state index < -0.39 is 0 Å². The molecule has 6 nitrogen and oxygen atoms in total. The quantitative estimate of drug-likeness (QED) is 0.304. The zero-order valence-corrected chi connectivity index (χ0v) is 19.5. The van der Waals surface area contributed by atoms with E-state index in [1.165, 1.54) is 11.3 Å². The first-order valence-electron chi connectivity index (χ1n) is 9.84. The number of carbonyl (C=O) groups excluding carboxylic acids is 1. The summed E-state index contributed by atoms with van der Waals surface area (Å²) in [5.74, 6) is 0.802. The van der Waals surface area contributed by atoms with Crippen LogP contribution in [0, 0.1) is 0 Å². The van der Waals surface area contributed by atoms with E-state index >= 15 is 0 Å². The number of carbonyl (C=O) groups is 1. The van der Waals surface area contributed by atoms with Gasteiger partial charge in [-0.3, -0.25) is 14.7 Å². The van der Waals surface area contributed by atoms with Crippen molar-refractivity contribution in [2.24, 2.45) is 0 Å². The van der Waals surface area contributed by atoms with E-state index in [2.05, 4.69) is 4.98 Å². The molecule has 2 aromatic carbocycles. The number of aromatic nitrogens is 2. The second-order valence-corrected chi connectivity index (χ2v) is 8.59. The second-order valence-electron chi connectivity index (χ2n) is 6.74. The lowest BCUT2D eigenvalue weighted by molar-refractivity contribution is -0.120. The molecule has 9 heteroatoms. The third kappa shape index (κ3) is 5.12. The summed E-state index contributed by atoms with van der Waals surface area (Å²) < 4.78 is 12.3. The van der Waals surface area contributed by atoms with E-state index in [4.69, 9.17) is 37.7 Å². The number of nitrogens with zero attached hydrogens (tertiary/aromatic N) is 3. The van der Waals surface area contributed by atoms with Crippen LogP contribution in [0.2, 0.25) is 10.0 Å². The van der Waals surface area contributed by atoms with Gasteiger partial charge < -0.3 is 9.47 Å². The normalized spacial score (nSPS) is 10.8. The Hall–Kier alpha value is -2.87. The van der Waals surface area contributed by atoms with Gasteiger partial charge in [0.05, 0.1) is 22.9 Å². The molecule has 0 radical (unpaired) electrons. The third-order valence-electron chi connectivity index (χ3n) is 4.51. The molecule has 0 spiro atoms. The maximum Gasteiger partial charge on any atom is 0.267 e. The molecule has 0 aliphatic carbocycles. The number of pyridine rings is 1. The summed E-state index contributed by atoms with van der Waals surface area (Å²) in [5.41, 5.74) is 1.59. The Bertz CT molecular complexity index is 1230. The molecular weight excluding hydrogens is 469 g/mol. The van der Waals surface area contributed by atoms with Crippen LogP contribution in [0.15, 0.2) is 60.9 Å². The van der Waals surface area contributed by atoms with Gasteiger partial charge in [0.15, 0.2) is 11.7 Å². The van der Waals surface area contributed by atoms with Gasteiger partial charge >= 0.3 is 0 Å². The van der Waals surface area contributed by atoms with E-state index in [1.54, 1.807) is 35.5 Å². The van der Waals surface area contributed by atoms with Crippen LogP contribution in [0.1, 0.15) is 12.5 Å². The number of halogens is 2. The molecule has 2 heterocycles. The topological polar surface area (TPSA) is 64.5 Å². The summed E-state index contributed by atoms with van der Waals surface area (Å²) >= 11 is 13.5. The lowest BCUT2D eigenvalue weighted by Crippen LogP contribution is -2.34. The summed E-state index contributed by atoms with van der Waals surface area (Å²) in [6.45, 7) is 2.54. The van der Waals surface area contributed by atoms with Crippen molar-refractivity contribution in [3.63, 3.8) is 0 Å². The van der Waals surface area contributed by atoms with Gasteiger partial charge in [0.2, 0.25) is 0 Å². The van der Waals surface area contributed by atoms with Crippen LogP contribution in [0.5, 0.6) is 11.5 Å². The molecular formula is C23H19Cl2N3O3S. The smallest absolute Gasteiger partial charge is 0.267 e. The fourth-order valence-corrected chi connectivity index (χ4v) is 4.51. The van der Waals surface area contributed by atoms with Gasteiger partial charge in [-0.15, -0.1) is 0 Å². The van der Waals surface area contributed by atoms with Crippen molar-refractivity contribution in [3.8, 4) is 11.5 Å². The highest BCUT2D eigenvalue weighted by Gasteiger charge is 2.22. The van der Waals surface area contributed by atoms with Gasteiger partial charge in [-0.2, -0.15) is 0 Å². The molecule has 0 bridgehead atoms. The fraction of sp³-hybridized carbons (Fsp3) is 0.174. The predicted octanol–water partition coefficient (Wildman–Crippen LogP) is 6.01. The van der Waals surface area contributed by atoms with E-state index in [1.807, 2.05) is 37.3 Å². The number of para-hydroxylation sites is 1. The Labute approximate surface area is 199 Å². The molecule has 0 N–H and O–H groups in total. The zero-order chi connectivity index (χ0) is 22.5. The van der Waals surface area contributed by atoms with Crippen LogP contribution in [-0.4, -0.2) is 29.1 Å². The number of benzene rings is 2. The Morgan fingerprint density at radius 3 is 2.72 bits per heavy atom. The number of rotatable bonds is 8. The minimum Gasteiger partial charge on any atom is -0.492 e. The Morgan fingerprint density at radius 2 is 1.97 bits per heavy atom. The lowest BCUT2D eigenvalue weighted by atomic mass is 10.2. The predicted molar refractivity (Wildman–Crippen MR) is 128 cm³/mol. The SMILES string of the molecule is CCOc1cccc2sc(N(Cc3cccnc3)C(=O)COc3ccc(Cl)cc3Cl)nc12. The number of hydrogen-bond donors (Lipinski definition) is 0. The van der Waals surface area contributed by atoms with Crippen molar-refractivity contribution < 1.29 is 14.3 Å². The van der Waals surface area contributed by atoms with Crippen molar-refractivity contribution in [2.45, 2.75) is 13.5 Å². The molecule has 0 saturated carbocycles. The summed E-state index contributed by atoms with van der Waals surface area (Å²) in [7, 11) is 0. The van der Waals surface area contributed by atoms with Crippen LogP contribution in [-0.2, 0) is 11.3 Å². The van der Waals surface area contributed by atoms with Gasteiger partial charge in [0, 0.05) is 17.4 Å². The van der Waals surface area contributed by atoms with Gasteiger partial charge in [-0.1, -0.05) is 46.7 Å². The van der Waals surface area contributed by atoms with Crippen LogP contribution in [0.25, 0.3) is 10.2 Å². The first-order valence-corrected chi connectivity index (χ1v) is 11.4. The first-order chi connectivity index (χ1) is 15.5. The van der Waals surface area contributed by atoms with Crippen LogP contribution in [0.4, 0.5) is 5.13 Å². The number of ether oxygens (including phenoxy) is 2. The third-order valence-corrected chi connectivity index (χ3v) is 6.09. The highest BCUT2D eigenvalue weighted by molar-refractivity contribution is 7.22. The summed E-state index contributed by atoms with van der Waals surface area (Å²) in [6.07, 6.45) is 3.41. The average molecular weight is 488 g/mol. The van der Waals surface area contributed by atoms with Gasteiger partial charge in [0.25, 0.3) is 5.91 Å². The molecule has 164 valence electrons. The fourth-order valence-electron chi connectivity index (χ4n) is 3.05. The molecule has 0 aliphatic heterocycles. The molecule has 0 fully saturated rings. The monoisotopic (exact) mass is 487 g/mol. The van der Waals surface area contributed by atoms with Gasteiger partial charge in [-0.25, -0.2) is 4.98 Å². The van der Waals surface area contributed by atoms with Crippen molar-refractivity contribution in [3.05, 3.63) is 76.5 Å². The minimum absolute atomic E-state index is 0.212. The average Bonchev–Trinajstić information content (AvgIpc) is 3.22. The van der Waals surface area contributed by atoms with Crippen LogP contribution in [0.3, 0.4) is 0 Å². The van der Waals surface area contributed by atoms with E-state index in [9.17, 15) is 4.79 Å². The standard InChI is InChI=1S/C23H19Cl2N3O3S/c1-2-30-19-6-3-7-20-22(19)27-23(32-20)28(13-15-5-4-10-26-12-15)21(29)14-31-18-9-8-16(24)11-17(18)25/h3-12H,2,13-14H2,1H3. The lowest BCUT2D eigenvalue weighted by Gasteiger charge is -2.20. The molecule has 32 heavy (non-hydrogen) atoms. The molecule has 4 aromatic rings. The Morgan fingerprint density at radius 1 is 1.09 bits per heavy atom. The Kier molecular flexibility index (Phi) is 7.09. The highest BCUT2D eigenvalue weighted by Crippen LogP contribution is 2.35. The maximum atomic E-state index is 13.2. The Balaban J connectivity index is 1.63. The van der Waals surface area contributed by atoms with Crippen molar-refractivity contribution >= 4 is 55.8 Å². The minimum atomic E-state index is -0.267.